The Kier molecular flexibility index (Phi) is 7.16. The predicted octanol–water partition coefficient (Wildman–Crippen LogP) is 0.694. The van der Waals surface area contributed by atoms with E-state index >= 15 is 0 Å². The van der Waals surface area contributed by atoms with Crippen LogP contribution in [-0.4, -0.2) is 69.9 Å². The Morgan fingerprint density at radius 1 is 1.04 bits per heavy atom. The second-order valence-electron chi connectivity index (χ2n) is 7.22. The van der Waals surface area contributed by atoms with Crippen LogP contribution in [0.4, 0.5) is 0 Å². The van der Waals surface area contributed by atoms with Crippen LogP contribution in [0.5, 0.6) is 5.75 Å². The number of hydrogen-bond acceptors (Lipinski definition) is 7. The summed E-state index contributed by atoms with van der Waals surface area (Å²) in [5.41, 5.74) is 0.694. The molecule has 146 valence electrons. The summed E-state index contributed by atoms with van der Waals surface area (Å²) in [5, 5.41) is 38.4. The molecule has 0 amide bonds. The standard InChI is InChI=1S/C19H28O7/c1-19(2,3)26-13-8-6-12(7-9-13)5-4-10-24-18-17(23)16(22)15(21)14(11-20)25-18/h4-9,14-18,20-23H,10-11H2,1-3H3/b5-4+/t14-,15+,16+,17-,18+/m1/s1. The summed E-state index contributed by atoms with van der Waals surface area (Å²) in [6, 6.07) is 7.57. The van der Waals surface area contributed by atoms with E-state index in [0.29, 0.717) is 0 Å². The van der Waals surface area contributed by atoms with Gasteiger partial charge in [0.1, 0.15) is 35.8 Å². The molecule has 1 saturated heterocycles. The van der Waals surface area contributed by atoms with Gasteiger partial charge in [0.05, 0.1) is 13.2 Å². The van der Waals surface area contributed by atoms with Gasteiger partial charge in [-0.1, -0.05) is 24.3 Å². The molecule has 0 aliphatic carbocycles. The van der Waals surface area contributed by atoms with Crippen molar-refractivity contribution in [1.29, 1.82) is 0 Å². The monoisotopic (exact) mass is 368 g/mol. The molecule has 7 nitrogen and oxygen atoms in total. The number of hydrogen-bond donors (Lipinski definition) is 4. The Bertz CT molecular complexity index is 577. The van der Waals surface area contributed by atoms with E-state index in [4.69, 9.17) is 19.3 Å². The van der Waals surface area contributed by atoms with Gasteiger partial charge in [-0.2, -0.15) is 0 Å². The molecule has 1 aromatic carbocycles. The van der Waals surface area contributed by atoms with E-state index in [1.165, 1.54) is 0 Å². The first kappa shape index (κ1) is 20.8. The molecular formula is C19H28O7. The lowest BCUT2D eigenvalue weighted by atomic mass is 9.99. The van der Waals surface area contributed by atoms with Gasteiger partial charge in [0.2, 0.25) is 0 Å². The predicted molar refractivity (Wildman–Crippen MR) is 95.6 cm³/mol. The van der Waals surface area contributed by atoms with E-state index in [0.717, 1.165) is 11.3 Å². The van der Waals surface area contributed by atoms with Crippen molar-refractivity contribution < 1.29 is 34.6 Å². The first-order valence-corrected chi connectivity index (χ1v) is 8.59. The van der Waals surface area contributed by atoms with Gasteiger partial charge in [0, 0.05) is 0 Å². The highest BCUT2D eigenvalue weighted by molar-refractivity contribution is 5.50. The van der Waals surface area contributed by atoms with Gasteiger partial charge in [0.15, 0.2) is 6.29 Å². The van der Waals surface area contributed by atoms with E-state index in [2.05, 4.69) is 0 Å². The average molecular weight is 368 g/mol. The van der Waals surface area contributed by atoms with Crippen molar-refractivity contribution in [1.82, 2.24) is 0 Å². The van der Waals surface area contributed by atoms with Gasteiger partial charge in [-0.15, -0.1) is 0 Å². The fraction of sp³-hybridized carbons (Fsp3) is 0.579. The Morgan fingerprint density at radius 2 is 1.69 bits per heavy atom. The highest BCUT2D eigenvalue weighted by Gasteiger charge is 2.43. The Balaban J connectivity index is 1.85. The lowest BCUT2D eigenvalue weighted by Gasteiger charge is -2.39. The second kappa shape index (κ2) is 8.94. The van der Waals surface area contributed by atoms with Crippen LogP contribution in [0.3, 0.4) is 0 Å². The molecule has 1 aliphatic heterocycles. The minimum Gasteiger partial charge on any atom is -0.488 e. The molecular weight excluding hydrogens is 340 g/mol. The fourth-order valence-electron chi connectivity index (χ4n) is 2.54. The van der Waals surface area contributed by atoms with E-state index in [9.17, 15) is 15.3 Å². The van der Waals surface area contributed by atoms with Gasteiger partial charge in [-0.25, -0.2) is 0 Å². The van der Waals surface area contributed by atoms with Crippen LogP contribution in [-0.2, 0) is 9.47 Å². The molecule has 2 rings (SSSR count). The van der Waals surface area contributed by atoms with Crippen molar-refractivity contribution in [3.05, 3.63) is 35.9 Å². The summed E-state index contributed by atoms with van der Waals surface area (Å²) < 4.78 is 16.4. The van der Waals surface area contributed by atoms with Crippen molar-refractivity contribution in [2.24, 2.45) is 0 Å². The minimum atomic E-state index is -1.44. The summed E-state index contributed by atoms with van der Waals surface area (Å²) in [4.78, 5) is 0. The zero-order valence-corrected chi connectivity index (χ0v) is 15.3. The molecule has 0 radical (unpaired) electrons. The molecule has 1 aliphatic rings. The molecule has 1 heterocycles. The van der Waals surface area contributed by atoms with E-state index < -0.39 is 37.3 Å². The number of benzene rings is 1. The van der Waals surface area contributed by atoms with Gasteiger partial charge in [0.25, 0.3) is 0 Å². The van der Waals surface area contributed by atoms with Crippen LogP contribution in [0.2, 0.25) is 0 Å². The van der Waals surface area contributed by atoms with Gasteiger partial charge in [-0.3, -0.25) is 0 Å². The molecule has 0 saturated carbocycles. The highest BCUT2D eigenvalue weighted by Crippen LogP contribution is 2.22. The normalized spacial score (nSPS) is 29.9. The van der Waals surface area contributed by atoms with E-state index in [1.807, 2.05) is 51.1 Å². The SMILES string of the molecule is CC(C)(C)Oc1ccc(/C=C/CO[C@H]2O[C@H](CO)[C@H](O)[C@H](O)[C@H]2O)cc1. The van der Waals surface area contributed by atoms with Crippen molar-refractivity contribution in [2.45, 2.75) is 57.1 Å². The number of ether oxygens (including phenoxy) is 3. The topological polar surface area (TPSA) is 109 Å². The van der Waals surface area contributed by atoms with Gasteiger partial charge in [-0.05, 0) is 38.5 Å². The Labute approximate surface area is 153 Å². The fourth-order valence-corrected chi connectivity index (χ4v) is 2.54. The van der Waals surface area contributed by atoms with Crippen LogP contribution < -0.4 is 4.74 Å². The van der Waals surface area contributed by atoms with E-state index in [1.54, 1.807) is 6.08 Å². The summed E-state index contributed by atoms with van der Waals surface area (Å²) in [6.07, 6.45) is -2.75. The van der Waals surface area contributed by atoms with Crippen molar-refractivity contribution in [3.8, 4) is 5.75 Å². The zero-order valence-electron chi connectivity index (χ0n) is 15.3. The van der Waals surface area contributed by atoms with Crippen LogP contribution in [0.1, 0.15) is 26.3 Å². The second-order valence-corrected chi connectivity index (χ2v) is 7.22. The van der Waals surface area contributed by atoms with Crippen molar-refractivity contribution >= 4 is 6.08 Å². The summed E-state index contributed by atoms with van der Waals surface area (Å²) >= 11 is 0. The summed E-state index contributed by atoms with van der Waals surface area (Å²) in [7, 11) is 0. The largest absolute Gasteiger partial charge is 0.488 e. The number of aliphatic hydroxyl groups excluding tert-OH is 4. The minimum absolute atomic E-state index is 0.128. The van der Waals surface area contributed by atoms with Crippen LogP contribution in [0, 0.1) is 0 Å². The molecule has 26 heavy (non-hydrogen) atoms. The third-order valence-corrected chi connectivity index (χ3v) is 3.82. The maximum absolute atomic E-state index is 9.88. The molecule has 0 aromatic heterocycles. The quantitative estimate of drug-likeness (QED) is 0.585. The maximum Gasteiger partial charge on any atom is 0.187 e. The summed E-state index contributed by atoms with van der Waals surface area (Å²) in [6.45, 7) is 5.60. The van der Waals surface area contributed by atoms with Crippen LogP contribution in [0.15, 0.2) is 30.3 Å². The van der Waals surface area contributed by atoms with Crippen molar-refractivity contribution in [2.75, 3.05) is 13.2 Å². The third-order valence-electron chi connectivity index (χ3n) is 3.82. The van der Waals surface area contributed by atoms with Crippen molar-refractivity contribution in [3.63, 3.8) is 0 Å². The molecule has 0 bridgehead atoms. The molecule has 0 spiro atoms. The zero-order chi connectivity index (χ0) is 19.3. The van der Waals surface area contributed by atoms with Gasteiger partial charge < -0.3 is 34.6 Å². The summed E-state index contributed by atoms with van der Waals surface area (Å²) in [5.74, 6) is 0.784. The third kappa shape index (κ3) is 5.77. The first-order chi connectivity index (χ1) is 12.2. The van der Waals surface area contributed by atoms with Crippen LogP contribution >= 0.6 is 0 Å². The number of aliphatic hydroxyl groups is 4. The first-order valence-electron chi connectivity index (χ1n) is 8.59. The Morgan fingerprint density at radius 3 is 2.27 bits per heavy atom. The molecule has 5 atom stereocenters. The lowest BCUT2D eigenvalue weighted by Crippen LogP contribution is -2.59. The van der Waals surface area contributed by atoms with Gasteiger partial charge >= 0.3 is 0 Å². The molecule has 1 aromatic rings. The maximum atomic E-state index is 9.88. The Hall–Kier alpha value is -1.48. The highest BCUT2D eigenvalue weighted by atomic mass is 16.7. The van der Waals surface area contributed by atoms with Crippen LogP contribution in [0.25, 0.3) is 6.08 Å². The average Bonchev–Trinajstić information content (AvgIpc) is 2.58. The molecule has 4 N–H and O–H groups in total. The number of rotatable bonds is 6. The molecule has 7 heteroatoms. The molecule has 0 unspecified atom stereocenters. The smallest absolute Gasteiger partial charge is 0.187 e. The van der Waals surface area contributed by atoms with E-state index in [-0.39, 0.29) is 12.2 Å². The molecule has 1 fully saturated rings. The lowest BCUT2D eigenvalue weighted by molar-refractivity contribution is -0.298.